The Morgan fingerprint density at radius 2 is 2.00 bits per heavy atom. The first-order valence-corrected chi connectivity index (χ1v) is 9.87. The molecule has 1 N–H and O–H groups in total. The van der Waals surface area contributed by atoms with Gasteiger partial charge >= 0.3 is 0 Å². The van der Waals surface area contributed by atoms with Gasteiger partial charge in [-0.15, -0.1) is 0 Å². The van der Waals surface area contributed by atoms with Gasteiger partial charge in [0.15, 0.2) is 0 Å². The molecule has 4 rings (SSSR count). The van der Waals surface area contributed by atoms with Crippen LogP contribution in [0.2, 0.25) is 0 Å². The van der Waals surface area contributed by atoms with Gasteiger partial charge in [-0.1, -0.05) is 30.3 Å². The molecule has 1 amide bonds. The van der Waals surface area contributed by atoms with Crippen LogP contribution in [0.15, 0.2) is 49.1 Å². The standard InChI is InChI=1S/C21H26N6O/c1-2-27-14-18(13-24-27)21-20(17-7-4-3-5-8-17)23-16-26(21)11-6-10-25-12-9-22-19(28)15-25/h3-5,7-8,13-14,16H,2,6,9-12,15H2,1H3,(H,22,28). The molecule has 3 aromatic rings. The number of piperazine rings is 1. The fourth-order valence-electron chi connectivity index (χ4n) is 3.67. The maximum absolute atomic E-state index is 11.6. The number of rotatable bonds is 7. The summed E-state index contributed by atoms with van der Waals surface area (Å²) in [6.07, 6.45) is 6.88. The Morgan fingerprint density at radius 1 is 1.14 bits per heavy atom. The normalized spacial score (nSPS) is 15.0. The van der Waals surface area contributed by atoms with Crippen LogP contribution in [0, 0.1) is 0 Å². The molecule has 0 saturated carbocycles. The van der Waals surface area contributed by atoms with E-state index in [4.69, 9.17) is 4.98 Å². The van der Waals surface area contributed by atoms with Crippen molar-refractivity contribution in [2.75, 3.05) is 26.2 Å². The quantitative estimate of drug-likeness (QED) is 0.685. The lowest BCUT2D eigenvalue weighted by atomic mass is 10.1. The second-order valence-corrected chi connectivity index (χ2v) is 7.07. The Balaban J connectivity index is 1.56. The molecule has 7 nitrogen and oxygen atoms in total. The molecule has 0 unspecified atom stereocenters. The zero-order valence-corrected chi connectivity index (χ0v) is 16.2. The molecule has 2 aromatic heterocycles. The number of aryl methyl sites for hydroxylation is 2. The highest BCUT2D eigenvalue weighted by Crippen LogP contribution is 2.31. The lowest BCUT2D eigenvalue weighted by Crippen LogP contribution is -2.47. The molecule has 0 atom stereocenters. The Labute approximate surface area is 165 Å². The summed E-state index contributed by atoms with van der Waals surface area (Å²) < 4.78 is 4.15. The molecule has 146 valence electrons. The number of hydrogen-bond acceptors (Lipinski definition) is 4. The number of hydrogen-bond donors (Lipinski definition) is 1. The minimum atomic E-state index is 0.118. The molecule has 0 spiro atoms. The predicted octanol–water partition coefficient (Wildman–Crippen LogP) is 2.26. The zero-order valence-electron chi connectivity index (χ0n) is 16.2. The van der Waals surface area contributed by atoms with E-state index in [1.54, 1.807) is 0 Å². The van der Waals surface area contributed by atoms with Gasteiger partial charge in [0, 0.05) is 50.0 Å². The van der Waals surface area contributed by atoms with Crippen molar-refractivity contribution in [2.24, 2.45) is 0 Å². The number of nitrogens with zero attached hydrogens (tertiary/aromatic N) is 5. The van der Waals surface area contributed by atoms with E-state index in [-0.39, 0.29) is 5.91 Å². The van der Waals surface area contributed by atoms with Crippen molar-refractivity contribution in [2.45, 2.75) is 26.4 Å². The average molecular weight is 378 g/mol. The molecule has 1 aliphatic heterocycles. The Hall–Kier alpha value is -2.93. The van der Waals surface area contributed by atoms with E-state index in [0.717, 1.165) is 61.7 Å². The number of amides is 1. The molecule has 0 bridgehead atoms. The first kappa shape index (κ1) is 18.4. The van der Waals surface area contributed by atoms with Gasteiger partial charge < -0.3 is 9.88 Å². The Kier molecular flexibility index (Phi) is 5.53. The van der Waals surface area contributed by atoms with Gasteiger partial charge in [-0.2, -0.15) is 5.10 Å². The number of benzene rings is 1. The summed E-state index contributed by atoms with van der Waals surface area (Å²) in [5.74, 6) is 0.118. The van der Waals surface area contributed by atoms with Gasteiger partial charge in [0.05, 0.1) is 30.5 Å². The van der Waals surface area contributed by atoms with Gasteiger partial charge in [0.2, 0.25) is 5.91 Å². The number of carbonyl (C=O) groups is 1. The van der Waals surface area contributed by atoms with E-state index in [1.807, 2.05) is 35.4 Å². The average Bonchev–Trinajstić information content (AvgIpc) is 3.35. The highest BCUT2D eigenvalue weighted by atomic mass is 16.2. The van der Waals surface area contributed by atoms with E-state index in [9.17, 15) is 4.79 Å². The molecule has 1 fully saturated rings. The summed E-state index contributed by atoms with van der Waals surface area (Å²) in [6.45, 7) is 6.83. The van der Waals surface area contributed by atoms with E-state index < -0.39 is 0 Å². The molecule has 28 heavy (non-hydrogen) atoms. The lowest BCUT2D eigenvalue weighted by molar-refractivity contribution is -0.124. The van der Waals surface area contributed by atoms with Crippen molar-refractivity contribution in [1.29, 1.82) is 0 Å². The van der Waals surface area contributed by atoms with Crippen molar-refractivity contribution < 1.29 is 4.79 Å². The molecule has 0 aliphatic carbocycles. The monoisotopic (exact) mass is 378 g/mol. The smallest absolute Gasteiger partial charge is 0.234 e. The predicted molar refractivity (Wildman–Crippen MR) is 109 cm³/mol. The molecular weight excluding hydrogens is 352 g/mol. The molecule has 1 saturated heterocycles. The van der Waals surface area contributed by atoms with Crippen molar-refractivity contribution in [3.63, 3.8) is 0 Å². The molecule has 7 heteroatoms. The van der Waals surface area contributed by atoms with Crippen LogP contribution in [0.5, 0.6) is 0 Å². The van der Waals surface area contributed by atoms with Gasteiger partial charge in [0.1, 0.15) is 0 Å². The molecule has 1 aromatic carbocycles. The van der Waals surface area contributed by atoms with E-state index >= 15 is 0 Å². The molecule has 1 aliphatic rings. The van der Waals surface area contributed by atoms with Crippen molar-refractivity contribution in [3.8, 4) is 22.5 Å². The highest BCUT2D eigenvalue weighted by molar-refractivity contribution is 5.79. The SMILES string of the molecule is CCn1cc(-c2c(-c3ccccc3)ncn2CCCN2CCNC(=O)C2)cn1. The molecule has 3 heterocycles. The first-order valence-electron chi connectivity index (χ1n) is 9.87. The highest BCUT2D eigenvalue weighted by Gasteiger charge is 2.18. The summed E-state index contributed by atoms with van der Waals surface area (Å²) in [7, 11) is 0. The summed E-state index contributed by atoms with van der Waals surface area (Å²) in [5.41, 5.74) is 4.26. The van der Waals surface area contributed by atoms with Crippen LogP contribution in [0.1, 0.15) is 13.3 Å². The van der Waals surface area contributed by atoms with Gasteiger partial charge in [-0.25, -0.2) is 4.98 Å². The van der Waals surface area contributed by atoms with Crippen molar-refractivity contribution in [1.82, 2.24) is 29.5 Å². The number of aromatic nitrogens is 4. The van der Waals surface area contributed by atoms with Gasteiger partial charge in [0.25, 0.3) is 0 Å². The van der Waals surface area contributed by atoms with Crippen LogP contribution in [0.4, 0.5) is 0 Å². The number of carbonyl (C=O) groups excluding carboxylic acids is 1. The van der Waals surface area contributed by atoms with Gasteiger partial charge in [-0.3, -0.25) is 14.4 Å². The zero-order chi connectivity index (χ0) is 19.3. The Bertz CT molecular complexity index is 930. The summed E-state index contributed by atoms with van der Waals surface area (Å²) in [4.78, 5) is 18.5. The van der Waals surface area contributed by atoms with Crippen LogP contribution in [0.25, 0.3) is 22.5 Å². The summed E-state index contributed by atoms with van der Waals surface area (Å²) >= 11 is 0. The minimum absolute atomic E-state index is 0.118. The molecular formula is C21H26N6O. The number of imidazole rings is 1. The van der Waals surface area contributed by atoms with Crippen LogP contribution in [0.3, 0.4) is 0 Å². The maximum Gasteiger partial charge on any atom is 0.234 e. The topological polar surface area (TPSA) is 68.0 Å². The maximum atomic E-state index is 11.6. The lowest BCUT2D eigenvalue weighted by Gasteiger charge is -2.26. The second-order valence-electron chi connectivity index (χ2n) is 7.07. The number of nitrogens with one attached hydrogen (secondary N) is 1. The third kappa shape index (κ3) is 3.99. The van der Waals surface area contributed by atoms with Crippen LogP contribution < -0.4 is 5.32 Å². The van der Waals surface area contributed by atoms with Crippen LogP contribution in [-0.4, -0.2) is 56.3 Å². The van der Waals surface area contributed by atoms with E-state index in [1.165, 1.54) is 0 Å². The van der Waals surface area contributed by atoms with Crippen molar-refractivity contribution >= 4 is 5.91 Å². The fraction of sp³-hybridized carbons (Fsp3) is 0.381. The Morgan fingerprint density at radius 3 is 2.75 bits per heavy atom. The second kappa shape index (κ2) is 8.39. The largest absolute Gasteiger partial charge is 0.354 e. The van der Waals surface area contributed by atoms with Crippen LogP contribution >= 0.6 is 0 Å². The fourth-order valence-corrected chi connectivity index (χ4v) is 3.67. The molecule has 0 radical (unpaired) electrons. The first-order chi connectivity index (χ1) is 13.7. The van der Waals surface area contributed by atoms with Crippen LogP contribution in [-0.2, 0) is 17.9 Å². The van der Waals surface area contributed by atoms with E-state index in [0.29, 0.717) is 6.54 Å². The van der Waals surface area contributed by atoms with Crippen molar-refractivity contribution in [3.05, 3.63) is 49.1 Å². The minimum Gasteiger partial charge on any atom is -0.354 e. The van der Waals surface area contributed by atoms with E-state index in [2.05, 4.69) is 45.1 Å². The third-order valence-electron chi connectivity index (χ3n) is 5.11. The summed E-state index contributed by atoms with van der Waals surface area (Å²) in [6, 6.07) is 10.3. The summed E-state index contributed by atoms with van der Waals surface area (Å²) in [5, 5.41) is 7.33. The third-order valence-corrected chi connectivity index (χ3v) is 5.11. The van der Waals surface area contributed by atoms with Gasteiger partial charge in [-0.05, 0) is 13.3 Å².